The summed E-state index contributed by atoms with van der Waals surface area (Å²) in [5, 5.41) is 9.13. The monoisotopic (exact) mass is 348 g/mol. The van der Waals surface area contributed by atoms with Gasteiger partial charge in [0, 0.05) is 18.0 Å². The molecule has 0 aliphatic rings. The number of hydrogen-bond acceptors (Lipinski definition) is 5. The third-order valence-corrected chi connectivity index (χ3v) is 4.45. The summed E-state index contributed by atoms with van der Waals surface area (Å²) in [6.45, 7) is 10.4. The smallest absolute Gasteiger partial charge is 0.305 e. The Kier molecular flexibility index (Phi) is 6.78. The lowest BCUT2D eigenvalue weighted by atomic mass is 10.1. The molecule has 0 radical (unpaired) electrons. The molecule has 0 saturated carbocycles. The van der Waals surface area contributed by atoms with Gasteiger partial charge in [-0.05, 0) is 48.9 Å². The van der Waals surface area contributed by atoms with Gasteiger partial charge in [-0.15, -0.1) is 0 Å². The Hall–Kier alpha value is -1.89. The van der Waals surface area contributed by atoms with Crippen molar-refractivity contribution in [2.75, 3.05) is 26.3 Å². The lowest BCUT2D eigenvalue weighted by molar-refractivity contribution is 0.198. The summed E-state index contributed by atoms with van der Waals surface area (Å²) in [7, 11) is 0. The number of thiazole rings is 1. The first-order chi connectivity index (χ1) is 11.5. The number of aliphatic hydroxyl groups excluding tert-OH is 1. The molecule has 0 fully saturated rings. The van der Waals surface area contributed by atoms with E-state index in [9.17, 15) is 4.79 Å². The van der Waals surface area contributed by atoms with E-state index < -0.39 is 0 Å². The molecule has 5 nitrogen and oxygen atoms in total. The summed E-state index contributed by atoms with van der Waals surface area (Å²) in [6.07, 6.45) is 0. The molecule has 2 rings (SSSR count). The Labute approximate surface area is 146 Å². The van der Waals surface area contributed by atoms with E-state index in [1.165, 1.54) is 11.3 Å². The largest absolute Gasteiger partial charge is 0.489 e. The molecule has 0 bridgehead atoms. The molecule has 0 saturated heterocycles. The number of aromatic nitrogens is 1. The Balaban J connectivity index is 2.19. The van der Waals surface area contributed by atoms with E-state index in [-0.39, 0.29) is 11.5 Å². The maximum absolute atomic E-state index is 11.8. The molecular formula is C18H24N2O3S. The van der Waals surface area contributed by atoms with Gasteiger partial charge in [-0.25, -0.2) is 0 Å². The van der Waals surface area contributed by atoms with Gasteiger partial charge in [0.25, 0.3) is 0 Å². The molecule has 0 amide bonds. The molecule has 0 unspecified atom stereocenters. The van der Waals surface area contributed by atoms with Gasteiger partial charge in [-0.3, -0.25) is 9.69 Å². The first-order valence-corrected chi connectivity index (χ1v) is 8.78. The number of rotatable bonds is 9. The maximum atomic E-state index is 11.8. The molecule has 1 heterocycles. The quantitative estimate of drug-likeness (QED) is 0.684. The number of ether oxygens (including phenoxy) is 1. The van der Waals surface area contributed by atoms with Crippen LogP contribution in [0.2, 0.25) is 0 Å². The fraction of sp³-hybridized carbons (Fsp3) is 0.389. The van der Waals surface area contributed by atoms with E-state index in [1.54, 1.807) is 0 Å². The Morgan fingerprint density at radius 3 is 2.67 bits per heavy atom. The third-order valence-electron chi connectivity index (χ3n) is 3.58. The highest BCUT2D eigenvalue weighted by molar-refractivity contribution is 7.09. The summed E-state index contributed by atoms with van der Waals surface area (Å²) < 4.78 is 5.60. The summed E-state index contributed by atoms with van der Waals surface area (Å²) in [5.41, 5.74) is 2.76. The minimum Gasteiger partial charge on any atom is -0.489 e. The SMILES string of the molecule is C=C(C)COc1ccc(-c2[nH]c(=O)sc2CN(CC)CCO)cc1. The topological polar surface area (TPSA) is 65.6 Å². The average Bonchev–Trinajstić information content (AvgIpc) is 2.93. The zero-order valence-corrected chi connectivity index (χ0v) is 15.0. The van der Waals surface area contributed by atoms with Crippen molar-refractivity contribution in [3.63, 3.8) is 0 Å². The second-order valence-electron chi connectivity index (χ2n) is 5.68. The lowest BCUT2D eigenvalue weighted by Crippen LogP contribution is -2.25. The van der Waals surface area contributed by atoms with Gasteiger partial charge in [-0.2, -0.15) is 0 Å². The highest BCUT2D eigenvalue weighted by Crippen LogP contribution is 2.26. The summed E-state index contributed by atoms with van der Waals surface area (Å²) >= 11 is 1.22. The van der Waals surface area contributed by atoms with Crippen molar-refractivity contribution < 1.29 is 9.84 Å². The van der Waals surface area contributed by atoms with Gasteiger partial charge in [0.2, 0.25) is 0 Å². The zero-order chi connectivity index (χ0) is 17.5. The number of H-pyrrole nitrogens is 1. The number of aromatic amines is 1. The maximum Gasteiger partial charge on any atom is 0.305 e. The van der Waals surface area contributed by atoms with Crippen LogP contribution in [0, 0.1) is 0 Å². The van der Waals surface area contributed by atoms with Crippen LogP contribution in [0.5, 0.6) is 5.75 Å². The van der Waals surface area contributed by atoms with E-state index in [0.29, 0.717) is 19.7 Å². The van der Waals surface area contributed by atoms with E-state index in [4.69, 9.17) is 9.84 Å². The van der Waals surface area contributed by atoms with Crippen molar-refractivity contribution in [1.29, 1.82) is 0 Å². The fourth-order valence-corrected chi connectivity index (χ4v) is 3.22. The number of likely N-dealkylation sites (N-methyl/N-ethyl adjacent to an activating group) is 1. The van der Waals surface area contributed by atoms with E-state index in [2.05, 4.69) is 16.5 Å². The third kappa shape index (κ3) is 5.06. The summed E-state index contributed by atoms with van der Waals surface area (Å²) in [4.78, 5) is 17.8. The minimum absolute atomic E-state index is 0.0670. The summed E-state index contributed by atoms with van der Waals surface area (Å²) in [5.74, 6) is 0.774. The van der Waals surface area contributed by atoms with Gasteiger partial charge in [0.15, 0.2) is 0 Å². The lowest BCUT2D eigenvalue weighted by Gasteiger charge is -2.18. The number of benzene rings is 1. The molecule has 130 valence electrons. The first kappa shape index (κ1) is 18.4. The normalized spacial score (nSPS) is 11.0. The van der Waals surface area contributed by atoms with Crippen LogP contribution in [0.1, 0.15) is 18.7 Å². The van der Waals surface area contributed by atoms with E-state index in [0.717, 1.165) is 34.0 Å². The van der Waals surface area contributed by atoms with Crippen molar-refractivity contribution in [3.05, 3.63) is 51.0 Å². The van der Waals surface area contributed by atoms with Crippen LogP contribution >= 0.6 is 11.3 Å². The number of hydrogen-bond donors (Lipinski definition) is 2. The van der Waals surface area contributed by atoms with Crippen LogP contribution in [0.15, 0.2) is 41.2 Å². The first-order valence-electron chi connectivity index (χ1n) is 7.96. The van der Waals surface area contributed by atoms with Crippen LogP contribution in [0.4, 0.5) is 0 Å². The standard InChI is InChI=1S/C18H24N2O3S/c1-4-20(9-10-21)11-16-17(19-18(22)24-16)14-5-7-15(8-6-14)23-12-13(2)3/h5-8,21H,2,4,9-12H2,1,3H3,(H,19,22). The molecule has 1 aromatic carbocycles. The number of nitrogens with zero attached hydrogens (tertiary/aromatic N) is 1. The highest BCUT2D eigenvalue weighted by Gasteiger charge is 2.13. The van der Waals surface area contributed by atoms with E-state index in [1.807, 2.05) is 38.1 Å². The van der Waals surface area contributed by atoms with E-state index >= 15 is 0 Å². The van der Waals surface area contributed by atoms with Crippen LogP contribution in [0.3, 0.4) is 0 Å². The van der Waals surface area contributed by atoms with Crippen molar-refractivity contribution in [2.24, 2.45) is 0 Å². The second-order valence-corrected chi connectivity index (χ2v) is 6.74. The fourth-order valence-electron chi connectivity index (χ4n) is 2.32. The Morgan fingerprint density at radius 2 is 2.08 bits per heavy atom. The second kappa shape index (κ2) is 8.82. The van der Waals surface area contributed by atoms with Gasteiger partial charge in [0.1, 0.15) is 12.4 Å². The van der Waals surface area contributed by atoms with Crippen molar-refractivity contribution in [1.82, 2.24) is 9.88 Å². The zero-order valence-electron chi connectivity index (χ0n) is 14.2. The molecule has 0 aliphatic heterocycles. The van der Waals surface area contributed by atoms with Gasteiger partial charge >= 0.3 is 4.87 Å². The minimum atomic E-state index is -0.0670. The van der Waals surface area contributed by atoms with Crippen LogP contribution in [-0.2, 0) is 6.54 Å². The number of aliphatic hydroxyl groups is 1. The van der Waals surface area contributed by atoms with Crippen LogP contribution < -0.4 is 9.61 Å². The molecule has 24 heavy (non-hydrogen) atoms. The Morgan fingerprint density at radius 1 is 1.38 bits per heavy atom. The van der Waals surface area contributed by atoms with Gasteiger partial charge in [0.05, 0.1) is 12.3 Å². The molecule has 0 spiro atoms. The van der Waals surface area contributed by atoms with Crippen LogP contribution in [0.25, 0.3) is 11.3 Å². The molecular weight excluding hydrogens is 324 g/mol. The predicted molar refractivity (Wildman–Crippen MR) is 98.7 cm³/mol. The summed E-state index contributed by atoms with van der Waals surface area (Å²) in [6, 6.07) is 7.67. The Bertz CT molecular complexity index is 719. The predicted octanol–water partition coefficient (Wildman–Crippen LogP) is 2.87. The average molecular weight is 348 g/mol. The number of nitrogens with one attached hydrogen (secondary N) is 1. The van der Waals surface area contributed by atoms with Crippen LogP contribution in [-0.4, -0.2) is 41.3 Å². The molecule has 0 aliphatic carbocycles. The van der Waals surface area contributed by atoms with Crippen molar-refractivity contribution in [3.8, 4) is 17.0 Å². The van der Waals surface area contributed by atoms with Gasteiger partial charge < -0.3 is 14.8 Å². The van der Waals surface area contributed by atoms with Crippen molar-refractivity contribution in [2.45, 2.75) is 20.4 Å². The molecule has 0 atom stereocenters. The van der Waals surface area contributed by atoms with Gasteiger partial charge in [-0.1, -0.05) is 24.8 Å². The highest BCUT2D eigenvalue weighted by atomic mass is 32.1. The van der Waals surface area contributed by atoms with Crippen molar-refractivity contribution >= 4 is 11.3 Å². The molecule has 2 N–H and O–H groups in total. The molecule has 2 aromatic rings. The molecule has 6 heteroatoms. The molecule has 1 aromatic heterocycles.